The number of rotatable bonds is 8. The van der Waals surface area contributed by atoms with Crippen LogP contribution in [0.2, 0.25) is 0 Å². The van der Waals surface area contributed by atoms with Crippen LogP contribution in [0.5, 0.6) is 0 Å². The number of nitrogens with one attached hydrogen (secondary N) is 1. The Balaban J connectivity index is 2.46. The molecule has 0 amide bonds. The molecule has 0 spiro atoms. The Morgan fingerprint density at radius 1 is 1.44 bits per heavy atom. The van der Waals surface area contributed by atoms with Gasteiger partial charge in [0.05, 0.1) is 12.7 Å². The minimum Gasteiger partial charge on any atom is -0.387 e. The van der Waals surface area contributed by atoms with Gasteiger partial charge in [-0.2, -0.15) is 0 Å². The summed E-state index contributed by atoms with van der Waals surface area (Å²) in [6.07, 6.45) is 1.35. The van der Waals surface area contributed by atoms with Gasteiger partial charge in [-0.15, -0.1) is 0 Å². The lowest BCUT2D eigenvalue weighted by molar-refractivity contribution is 0.135. The highest BCUT2D eigenvalue weighted by molar-refractivity contribution is 5.18. The van der Waals surface area contributed by atoms with E-state index in [0.717, 1.165) is 12.8 Å². The van der Waals surface area contributed by atoms with Crippen molar-refractivity contribution in [1.29, 1.82) is 0 Å². The minimum absolute atomic E-state index is 0.225. The third kappa shape index (κ3) is 5.12. The van der Waals surface area contributed by atoms with Crippen molar-refractivity contribution in [2.45, 2.75) is 31.9 Å². The Morgan fingerprint density at radius 3 is 2.83 bits per heavy atom. The van der Waals surface area contributed by atoms with Gasteiger partial charge in [-0.25, -0.2) is 4.39 Å². The molecule has 0 bridgehead atoms. The zero-order valence-electron chi connectivity index (χ0n) is 11.0. The first-order chi connectivity index (χ1) is 8.67. The lowest BCUT2D eigenvalue weighted by Gasteiger charge is -2.19. The van der Waals surface area contributed by atoms with Gasteiger partial charge in [-0.05, 0) is 24.1 Å². The van der Waals surface area contributed by atoms with Gasteiger partial charge in [-0.3, -0.25) is 0 Å². The molecule has 1 aromatic rings. The van der Waals surface area contributed by atoms with E-state index >= 15 is 0 Å². The Kier molecular flexibility index (Phi) is 6.86. The Morgan fingerprint density at radius 2 is 2.22 bits per heavy atom. The molecule has 102 valence electrons. The molecular formula is C14H22FNO2. The van der Waals surface area contributed by atoms with E-state index in [1.807, 2.05) is 0 Å². The Bertz CT molecular complexity index is 340. The normalized spacial score (nSPS) is 14.4. The SMILES string of the molecule is CCCC(COC)NCC(O)c1cccc(F)c1. The molecule has 0 aliphatic carbocycles. The van der Waals surface area contributed by atoms with Crippen molar-refractivity contribution in [3.8, 4) is 0 Å². The standard InChI is InChI=1S/C14H22FNO2/c1-3-5-13(10-18-2)16-9-14(17)11-6-4-7-12(15)8-11/h4,6-8,13-14,16-17H,3,5,9-10H2,1-2H3. The quantitative estimate of drug-likeness (QED) is 0.748. The highest BCUT2D eigenvalue weighted by Crippen LogP contribution is 2.13. The Labute approximate surface area is 108 Å². The maximum absolute atomic E-state index is 13.0. The third-order valence-electron chi connectivity index (χ3n) is 2.84. The highest BCUT2D eigenvalue weighted by Gasteiger charge is 2.12. The van der Waals surface area contributed by atoms with E-state index in [9.17, 15) is 9.50 Å². The zero-order chi connectivity index (χ0) is 13.4. The van der Waals surface area contributed by atoms with Crippen molar-refractivity contribution in [3.05, 3.63) is 35.6 Å². The molecule has 0 saturated carbocycles. The number of ether oxygens (including phenoxy) is 1. The van der Waals surface area contributed by atoms with Crippen molar-refractivity contribution in [3.63, 3.8) is 0 Å². The van der Waals surface area contributed by atoms with Crippen LogP contribution in [-0.2, 0) is 4.74 Å². The fourth-order valence-electron chi connectivity index (χ4n) is 1.90. The van der Waals surface area contributed by atoms with E-state index in [1.165, 1.54) is 12.1 Å². The summed E-state index contributed by atoms with van der Waals surface area (Å²) in [5.41, 5.74) is 0.593. The molecule has 0 aromatic heterocycles. The van der Waals surface area contributed by atoms with E-state index < -0.39 is 6.10 Å². The molecule has 0 fully saturated rings. The molecule has 0 heterocycles. The molecule has 2 atom stereocenters. The summed E-state index contributed by atoms with van der Waals surface area (Å²) in [7, 11) is 1.66. The van der Waals surface area contributed by atoms with Gasteiger partial charge in [-0.1, -0.05) is 25.5 Å². The second kappa shape index (κ2) is 8.19. The molecule has 1 rings (SSSR count). The van der Waals surface area contributed by atoms with Gasteiger partial charge >= 0.3 is 0 Å². The van der Waals surface area contributed by atoms with Gasteiger partial charge in [0.1, 0.15) is 5.82 Å². The van der Waals surface area contributed by atoms with Crippen molar-refractivity contribution >= 4 is 0 Å². The number of aliphatic hydroxyl groups is 1. The molecule has 2 N–H and O–H groups in total. The van der Waals surface area contributed by atoms with E-state index in [1.54, 1.807) is 19.2 Å². The average molecular weight is 255 g/mol. The average Bonchev–Trinajstić information content (AvgIpc) is 2.36. The monoisotopic (exact) mass is 255 g/mol. The van der Waals surface area contributed by atoms with Crippen molar-refractivity contribution in [2.75, 3.05) is 20.3 Å². The van der Waals surface area contributed by atoms with Crippen LogP contribution in [-0.4, -0.2) is 31.4 Å². The van der Waals surface area contributed by atoms with Crippen LogP contribution in [0.1, 0.15) is 31.4 Å². The second-order valence-corrected chi connectivity index (χ2v) is 4.42. The summed E-state index contributed by atoms with van der Waals surface area (Å²) in [6, 6.07) is 6.28. The summed E-state index contributed by atoms with van der Waals surface area (Å²) >= 11 is 0. The number of hydrogen-bond donors (Lipinski definition) is 2. The molecule has 0 saturated heterocycles. The smallest absolute Gasteiger partial charge is 0.123 e. The van der Waals surface area contributed by atoms with Crippen LogP contribution in [0.15, 0.2) is 24.3 Å². The van der Waals surface area contributed by atoms with Crippen LogP contribution in [0.3, 0.4) is 0 Å². The van der Waals surface area contributed by atoms with E-state index in [2.05, 4.69) is 12.2 Å². The fraction of sp³-hybridized carbons (Fsp3) is 0.571. The van der Waals surface area contributed by atoms with Crippen molar-refractivity contribution in [2.24, 2.45) is 0 Å². The summed E-state index contributed by atoms with van der Waals surface area (Å²) < 4.78 is 18.1. The largest absolute Gasteiger partial charge is 0.387 e. The van der Waals surface area contributed by atoms with Gasteiger partial charge in [0.25, 0.3) is 0 Å². The van der Waals surface area contributed by atoms with E-state index in [4.69, 9.17) is 4.74 Å². The van der Waals surface area contributed by atoms with Gasteiger partial charge in [0.2, 0.25) is 0 Å². The molecule has 0 aliphatic heterocycles. The number of aliphatic hydroxyl groups excluding tert-OH is 1. The number of methoxy groups -OCH3 is 1. The number of hydrogen-bond acceptors (Lipinski definition) is 3. The van der Waals surface area contributed by atoms with E-state index in [-0.39, 0.29) is 11.9 Å². The molecule has 3 nitrogen and oxygen atoms in total. The van der Waals surface area contributed by atoms with Crippen LogP contribution in [0.25, 0.3) is 0 Å². The first-order valence-corrected chi connectivity index (χ1v) is 6.33. The molecule has 0 aliphatic rings. The molecule has 0 radical (unpaired) electrons. The Hall–Kier alpha value is -0.970. The summed E-state index contributed by atoms with van der Waals surface area (Å²) in [6.45, 7) is 3.12. The topological polar surface area (TPSA) is 41.5 Å². The molecule has 2 unspecified atom stereocenters. The molecular weight excluding hydrogens is 233 g/mol. The molecule has 18 heavy (non-hydrogen) atoms. The van der Waals surface area contributed by atoms with Crippen molar-refractivity contribution < 1.29 is 14.2 Å². The maximum atomic E-state index is 13.0. The number of halogens is 1. The lowest BCUT2D eigenvalue weighted by Crippen LogP contribution is -2.36. The molecule has 4 heteroatoms. The van der Waals surface area contributed by atoms with Crippen LogP contribution >= 0.6 is 0 Å². The first-order valence-electron chi connectivity index (χ1n) is 6.33. The first kappa shape index (κ1) is 15.1. The van der Waals surface area contributed by atoms with Gasteiger partial charge < -0.3 is 15.2 Å². The lowest BCUT2D eigenvalue weighted by atomic mass is 10.1. The second-order valence-electron chi connectivity index (χ2n) is 4.42. The van der Waals surface area contributed by atoms with Gasteiger partial charge in [0, 0.05) is 19.7 Å². The predicted molar refractivity (Wildman–Crippen MR) is 69.9 cm³/mol. The maximum Gasteiger partial charge on any atom is 0.123 e. The fourth-order valence-corrected chi connectivity index (χ4v) is 1.90. The predicted octanol–water partition coefficient (Wildman–Crippen LogP) is 2.26. The minimum atomic E-state index is -0.697. The van der Waals surface area contributed by atoms with E-state index in [0.29, 0.717) is 18.7 Å². The van der Waals surface area contributed by atoms with Gasteiger partial charge in [0.15, 0.2) is 0 Å². The molecule has 1 aromatic carbocycles. The number of benzene rings is 1. The third-order valence-corrected chi connectivity index (χ3v) is 2.84. The summed E-state index contributed by atoms with van der Waals surface area (Å²) in [4.78, 5) is 0. The van der Waals surface area contributed by atoms with Crippen molar-refractivity contribution in [1.82, 2.24) is 5.32 Å². The zero-order valence-corrected chi connectivity index (χ0v) is 11.0. The van der Waals surface area contributed by atoms with Crippen LogP contribution < -0.4 is 5.32 Å². The summed E-state index contributed by atoms with van der Waals surface area (Å²) in [5.74, 6) is -0.325. The van der Waals surface area contributed by atoms with Crippen LogP contribution in [0.4, 0.5) is 4.39 Å². The van der Waals surface area contributed by atoms with Crippen LogP contribution in [0, 0.1) is 5.82 Å². The summed E-state index contributed by atoms with van der Waals surface area (Å²) in [5, 5.41) is 13.2. The highest BCUT2D eigenvalue weighted by atomic mass is 19.1.